The lowest BCUT2D eigenvalue weighted by Crippen LogP contribution is -2.34. The van der Waals surface area contributed by atoms with E-state index in [4.69, 9.17) is 5.11 Å². The summed E-state index contributed by atoms with van der Waals surface area (Å²) in [6.45, 7) is 5.91. The molecule has 0 radical (unpaired) electrons. The van der Waals surface area contributed by atoms with Crippen LogP contribution in [0.4, 0.5) is 4.39 Å². The van der Waals surface area contributed by atoms with Crippen molar-refractivity contribution in [3.63, 3.8) is 0 Å². The van der Waals surface area contributed by atoms with Crippen LogP contribution in [0.1, 0.15) is 25.1 Å². The van der Waals surface area contributed by atoms with E-state index in [0.717, 1.165) is 6.20 Å². The highest BCUT2D eigenvalue weighted by atomic mass is 19.1. The maximum Gasteiger partial charge on any atom is 0.317 e. The van der Waals surface area contributed by atoms with E-state index in [0.29, 0.717) is 18.7 Å². The third-order valence-corrected chi connectivity index (χ3v) is 2.62. The predicted octanol–water partition coefficient (Wildman–Crippen LogP) is 2.24. The zero-order chi connectivity index (χ0) is 13.5. The molecule has 1 rings (SSSR count). The molecule has 0 aliphatic carbocycles. The van der Waals surface area contributed by atoms with Crippen molar-refractivity contribution in [1.29, 1.82) is 0 Å². The summed E-state index contributed by atoms with van der Waals surface area (Å²) in [6, 6.07) is 2.76. The fourth-order valence-electron chi connectivity index (χ4n) is 1.88. The van der Waals surface area contributed by atoms with Crippen molar-refractivity contribution < 1.29 is 14.3 Å². The fraction of sp³-hybridized carbons (Fsp3) is 0.385. The Hall–Kier alpha value is -1.75. The topological polar surface area (TPSA) is 53.4 Å². The van der Waals surface area contributed by atoms with Gasteiger partial charge in [-0.2, -0.15) is 0 Å². The average Bonchev–Trinajstić information content (AvgIpc) is 2.32. The van der Waals surface area contributed by atoms with Crippen LogP contribution in [-0.2, 0) is 4.79 Å². The van der Waals surface area contributed by atoms with Crippen LogP contribution in [-0.4, -0.2) is 34.0 Å². The first kappa shape index (κ1) is 14.3. The van der Waals surface area contributed by atoms with Gasteiger partial charge in [0.05, 0.1) is 24.5 Å². The van der Waals surface area contributed by atoms with Gasteiger partial charge in [0.15, 0.2) is 0 Å². The van der Waals surface area contributed by atoms with Gasteiger partial charge in [0.2, 0.25) is 0 Å². The Bertz CT molecular complexity index is 406. The van der Waals surface area contributed by atoms with Gasteiger partial charge in [-0.15, -0.1) is 6.58 Å². The molecule has 1 atom stereocenters. The van der Waals surface area contributed by atoms with Crippen molar-refractivity contribution in [2.75, 3.05) is 13.1 Å². The summed E-state index contributed by atoms with van der Waals surface area (Å²) in [6.07, 6.45) is 3.49. The van der Waals surface area contributed by atoms with Crippen LogP contribution in [0.15, 0.2) is 31.0 Å². The smallest absolute Gasteiger partial charge is 0.317 e. The molecule has 1 aromatic heterocycles. The van der Waals surface area contributed by atoms with E-state index in [1.54, 1.807) is 17.0 Å². The van der Waals surface area contributed by atoms with Gasteiger partial charge in [-0.3, -0.25) is 14.7 Å². The van der Waals surface area contributed by atoms with Crippen LogP contribution < -0.4 is 0 Å². The lowest BCUT2D eigenvalue weighted by molar-refractivity contribution is -0.138. The Morgan fingerprint density at radius 3 is 2.83 bits per heavy atom. The third-order valence-electron chi connectivity index (χ3n) is 2.62. The Morgan fingerprint density at radius 2 is 2.39 bits per heavy atom. The van der Waals surface area contributed by atoms with Gasteiger partial charge in [0.1, 0.15) is 5.82 Å². The molecule has 18 heavy (non-hydrogen) atoms. The Labute approximate surface area is 106 Å². The summed E-state index contributed by atoms with van der Waals surface area (Å²) < 4.78 is 12.8. The molecule has 1 N–H and O–H groups in total. The summed E-state index contributed by atoms with van der Waals surface area (Å²) in [5.41, 5.74) is 0.669. The Kier molecular flexibility index (Phi) is 5.45. The Balaban J connectivity index is 2.93. The molecule has 0 fully saturated rings. The van der Waals surface area contributed by atoms with Gasteiger partial charge in [0.25, 0.3) is 0 Å². The largest absolute Gasteiger partial charge is 0.480 e. The van der Waals surface area contributed by atoms with Crippen LogP contribution >= 0.6 is 0 Å². The maximum atomic E-state index is 12.8. The molecule has 0 saturated carbocycles. The van der Waals surface area contributed by atoms with E-state index in [1.165, 1.54) is 6.07 Å². The number of aromatic nitrogens is 1. The minimum absolute atomic E-state index is 0.0937. The van der Waals surface area contributed by atoms with E-state index in [-0.39, 0.29) is 12.6 Å². The molecule has 4 nitrogen and oxygen atoms in total. The molecule has 98 valence electrons. The number of nitrogens with zero attached hydrogens (tertiary/aromatic N) is 2. The first-order valence-corrected chi connectivity index (χ1v) is 5.76. The van der Waals surface area contributed by atoms with E-state index >= 15 is 0 Å². The average molecular weight is 252 g/mol. The van der Waals surface area contributed by atoms with Crippen LogP contribution in [0.2, 0.25) is 0 Å². The first-order chi connectivity index (χ1) is 8.58. The molecule has 0 aromatic carbocycles. The van der Waals surface area contributed by atoms with E-state index in [2.05, 4.69) is 11.6 Å². The van der Waals surface area contributed by atoms with Gasteiger partial charge < -0.3 is 5.11 Å². The van der Waals surface area contributed by atoms with E-state index in [9.17, 15) is 9.18 Å². The summed E-state index contributed by atoms with van der Waals surface area (Å²) in [4.78, 5) is 16.6. The fourth-order valence-corrected chi connectivity index (χ4v) is 1.88. The molecular formula is C13H17FN2O2. The van der Waals surface area contributed by atoms with E-state index in [1.807, 2.05) is 6.92 Å². The van der Waals surface area contributed by atoms with Crippen LogP contribution in [0.25, 0.3) is 0 Å². The summed E-state index contributed by atoms with van der Waals surface area (Å²) in [5.74, 6) is -1.31. The minimum Gasteiger partial charge on any atom is -0.480 e. The van der Waals surface area contributed by atoms with Crippen molar-refractivity contribution in [3.8, 4) is 0 Å². The molecule has 1 unspecified atom stereocenters. The second kappa shape index (κ2) is 6.86. The highest BCUT2D eigenvalue weighted by molar-refractivity contribution is 5.69. The zero-order valence-electron chi connectivity index (χ0n) is 10.3. The molecule has 0 bridgehead atoms. The SMILES string of the molecule is C=CCN(CC(=O)O)C(CC)c1ccc(F)cn1. The van der Waals surface area contributed by atoms with Crippen molar-refractivity contribution in [3.05, 3.63) is 42.5 Å². The molecule has 0 aliphatic heterocycles. The first-order valence-electron chi connectivity index (χ1n) is 5.76. The van der Waals surface area contributed by atoms with Crippen molar-refractivity contribution in [2.24, 2.45) is 0 Å². The number of aliphatic carboxylic acids is 1. The quantitative estimate of drug-likeness (QED) is 0.756. The number of halogens is 1. The minimum atomic E-state index is -0.905. The van der Waals surface area contributed by atoms with Gasteiger partial charge in [-0.25, -0.2) is 4.39 Å². The molecule has 1 aromatic rings. The standard InChI is InChI=1S/C13H17FN2O2/c1-3-7-16(9-13(17)18)12(4-2)11-6-5-10(14)8-15-11/h3,5-6,8,12H,1,4,7,9H2,2H3,(H,17,18). The number of carbonyl (C=O) groups is 1. The van der Waals surface area contributed by atoms with Crippen LogP contribution in [0.3, 0.4) is 0 Å². The normalized spacial score (nSPS) is 12.4. The monoisotopic (exact) mass is 252 g/mol. The highest BCUT2D eigenvalue weighted by Gasteiger charge is 2.21. The molecule has 0 aliphatic rings. The predicted molar refractivity (Wildman–Crippen MR) is 66.6 cm³/mol. The number of pyridine rings is 1. The molecule has 0 saturated heterocycles. The van der Waals surface area contributed by atoms with Crippen molar-refractivity contribution >= 4 is 5.97 Å². The summed E-state index contributed by atoms with van der Waals surface area (Å²) >= 11 is 0. The zero-order valence-corrected chi connectivity index (χ0v) is 10.3. The second-order valence-corrected chi connectivity index (χ2v) is 3.94. The van der Waals surface area contributed by atoms with Crippen molar-refractivity contribution in [2.45, 2.75) is 19.4 Å². The number of carboxylic acids is 1. The van der Waals surface area contributed by atoms with E-state index < -0.39 is 11.8 Å². The second-order valence-electron chi connectivity index (χ2n) is 3.94. The van der Waals surface area contributed by atoms with Crippen LogP contribution in [0, 0.1) is 5.82 Å². The number of hydrogen-bond donors (Lipinski definition) is 1. The molecule has 1 heterocycles. The van der Waals surface area contributed by atoms with Gasteiger partial charge >= 0.3 is 5.97 Å². The molecule has 0 amide bonds. The van der Waals surface area contributed by atoms with Gasteiger partial charge in [-0.1, -0.05) is 13.0 Å². The highest BCUT2D eigenvalue weighted by Crippen LogP contribution is 2.22. The van der Waals surface area contributed by atoms with Gasteiger partial charge in [0, 0.05) is 6.54 Å². The number of rotatable bonds is 7. The maximum absolute atomic E-state index is 12.8. The summed E-state index contributed by atoms with van der Waals surface area (Å²) in [7, 11) is 0. The lowest BCUT2D eigenvalue weighted by atomic mass is 10.1. The Morgan fingerprint density at radius 1 is 1.67 bits per heavy atom. The number of hydrogen-bond acceptors (Lipinski definition) is 3. The van der Waals surface area contributed by atoms with Crippen LogP contribution in [0.5, 0.6) is 0 Å². The third kappa shape index (κ3) is 3.92. The molecular weight excluding hydrogens is 235 g/mol. The lowest BCUT2D eigenvalue weighted by Gasteiger charge is -2.28. The van der Waals surface area contributed by atoms with Gasteiger partial charge in [-0.05, 0) is 18.6 Å². The summed E-state index contributed by atoms with van der Waals surface area (Å²) in [5, 5.41) is 8.89. The molecule has 0 spiro atoms. The molecule has 5 heteroatoms. The van der Waals surface area contributed by atoms with Crippen molar-refractivity contribution in [1.82, 2.24) is 9.88 Å². The number of carboxylic acid groups (broad SMARTS) is 1.